The number of nitrogens with one attached hydrogen (secondary N) is 1. The summed E-state index contributed by atoms with van der Waals surface area (Å²) in [5.41, 5.74) is 3.70. The van der Waals surface area contributed by atoms with E-state index in [9.17, 15) is 4.79 Å². The Labute approximate surface area is 162 Å². The Morgan fingerprint density at radius 1 is 1.11 bits per heavy atom. The quantitative estimate of drug-likeness (QED) is 0.657. The Bertz CT molecular complexity index is 911. The van der Waals surface area contributed by atoms with Crippen LogP contribution in [0.3, 0.4) is 0 Å². The lowest BCUT2D eigenvalue weighted by atomic mass is 9.88. The van der Waals surface area contributed by atoms with Crippen LogP contribution in [-0.4, -0.2) is 21.9 Å². The zero-order valence-electron chi connectivity index (χ0n) is 14.9. The van der Waals surface area contributed by atoms with Crippen molar-refractivity contribution in [2.75, 3.05) is 5.75 Å². The van der Waals surface area contributed by atoms with Crippen LogP contribution in [-0.2, 0) is 17.6 Å². The number of fused-ring (bicyclic) bond motifs is 1. The van der Waals surface area contributed by atoms with Gasteiger partial charge in [-0.3, -0.25) is 4.79 Å². The zero-order chi connectivity index (χ0) is 18.5. The molecule has 1 unspecified atom stereocenters. The van der Waals surface area contributed by atoms with Crippen LogP contribution in [0.2, 0.25) is 0 Å². The highest BCUT2D eigenvalue weighted by molar-refractivity contribution is 7.99. The minimum Gasteiger partial charge on any atom is -0.416 e. The Morgan fingerprint density at radius 3 is 2.81 bits per heavy atom. The second kappa shape index (κ2) is 8.39. The van der Waals surface area contributed by atoms with Gasteiger partial charge in [-0.15, -0.1) is 10.2 Å². The average molecular weight is 379 g/mol. The van der Waals surface area contributed by atoms with E-state index in [4.69, 9.17) is 4.42 Å². The van der Waals surface area contributed by atoms with Gasteiger partial charge in [-0.1, -0.05) is 66.4 Å². The highest BCUT2D eigenvalue weighted by Crippen LogP contribution is 2.29. The highest BCUT2D eigenvalue weighted by Gasteiger charge is 2.21. The van der Waals surface area contributed by atoms with E-state index in [0.29, 0.717) is 17.5 Å². The maximum absolute atomic E-state index is 12.4. The third-order valence-corrected chi connectivity index (χ3v) is 5.50. The van der Waals surface area contributed by atoms with Gasteiger partial charge < -0.3 is 9.73 Å². The molecule has 1 aliphatic carbocycles. The van der Waals surface area contributed by atoms with E-state index in [2.05, 4.69) is 33.7 Å². The molecule has 1 aromatic heterocycles. The number of nitrogens with zero attached hydrogens (tertiary/aromatic N) is 2. The van der Waals surface area contributed by atoms with Crippen molar-refractivity contribution in [1.29, 1.82) is 0 Å². The summed E-state index contributed by atoms with van der Waals surface area (Å²) < 4.78 is 5.64. The van der Waals surface area contributed by atoms with Crippen LogP contribution in [0.1, 0.15) is 41.5 Å². The molecule has 3 aromatic rings. The summed E-state index contributed by atoms with van der Waals surface area (Å²) in [6.07, 6.45) is 3.76. The van der Waals surface area contributed by atoms with E-state index < -0.39 is 0 Å². The van der Waals surface area contributed by atoms with E-state index >= 15 is 0 Å². The summed E-state index contributed by atoms with van der Waals surface area (Å²) in [6, 6.07) is 18.4. The van der Waals surface area contributed by atoms with E-state index in [-0.39, 0.29) is 17.7 Å². The Hall–Kier alpha value is -2.60. The van der Waals surface area contributed by atoms with Gasteiger partial charge in [0, 0.05) is 0 Å². The minimum atomic E-state index is -0.00971. The van der Waals surface area contributed by atoms with Crippen LogP contribution in [0.5, 0.6) is 0 Å². The largest absolute Gasteiger partial charge is 0.416 e. The number of thioether (sulfide) groups is 1. The second-order valence-corrected chi connectivity index (χ2v) is 7.55. The van der Waals surface area contributed by atoms with Gasteiger partial charge in [0.05, 0.1) is 18.2 Å². The van der Waals surface area contributed by atoms with Crippen molar-refractivity contribution in [3.05, 3.63) is 77.2 Å². The van der Waals surface area contributed by atoms with E-state index in [1.807, 2.05) is 36.4 Å². The monoisotopic (exact) mass is 379 g/mol. The van der Waals surface area contributed by atoms with Gasteiger partial charge in [-0.05, 0) is 36.0 Å². The minimum absolute atomic E-state index is 0.00971. The Kier molecular flexibility index (Phi) is 5.53. The van der Waals surface area contributed by atoms with Crippen LogP contribution in [0.4, 0.5) is 0 Å². The van der Waals surface area contributed by atoms with Gasteiger partial charge in [0.1, 0.15) is 0 Å². The number of hydrogen-bond donors (Lipinski definition) is 1. The van der Waals surface area contributed by atoms with Crippen molar-refractivity contribution in [3.8, 4) is 0 Å². The fourth-order valence-corrected chi connectivity index (χ4v) is 4.00. The number of carbonyl (C=O) groups is 1. The smallest absolute Gasteiger partial charge is 0.277 e. The standard InChI is InChI=1S/C21H21N3O2S/c25-19(22-18-12-6-10-16-9-4-5-11-17(16)18)14-27-21-24-23-20(26-21)13-15-7-2-1-3-8-15/h1-5,7-9,11,18H,6,10,12-14H2,(H,22,25). The molecule has 0 bridgehead atoms. The first kappa shape index (κ1) is 17.8. The van der Waals surface area contributed by atoms with E-state index in [0.717, 1.165) is 24.8 Å². The SMILES string of the molecule is O=C(CSc1nnc(Cc2ccccc2)o1)NC1CCCc2ccccc21. The molecule has 0 fully saturated rings. The summed E-state index contributed by atoms with van der Waals surface area (Å²) in [4.78, 5) is 12.4. The lowest BCUT2D eigenvalue weighted by Crippen LogP contribution is -2.32. The van der Waals surface area contributed by atoms with Gasteiger partial charge in [-0.25, -0.2) is 0 Å². The van der Waals surface area contributed by atoms with Gasteiger partial charge in [0.25, 0.3) is 5.22 Å². The average Bonchev–Trinajstić information content (AvgIpc) is 3.15. The van der Waals surface area contributed by atoms with Crippen molar-refractivity contribution in [3.63, 3.8) is 0 Å². The van der Waals surface area contributed by atoms with Gasteiger partial charge in [-0.2, -0.15) is 0 Å². The highest BCUT2D eigenvalue weighted by atomic mass is 32.2. The lowest BCUT2D eigenvalue weighted by molar-refractivity contribution is -0.119. The number of amides is 1. The Morgan fingerprint density at radius 2 is 1.93 bits per heavy atom. The third-order valence-electron chi connectivity index (χ3n) is 4.68. The number of benzene rings is 2. The molecule has 2 aromatic carbocycles. The molecule has 5 nitrogen and oxygen atoms in total. The first-order chi connectivity index (χ1) is 13.3. The Balaban J connectivity index is 1.30. The van der Waals surface area contributed by atoms with Crippen LogP contribution in [0, 0.1) is 0 Å². The van der Waals surface area contributed by atoms with Crippen LogP contribution >= 0.6 is 11.8 Å². The molecule has 0 aliphatic heterocycles. The lowest BCUT2D eigenvalue weighted by Gasteiger charge is -2.26. The maximum atomic E-state index is 12.4. The molecule has 1 heterocycles. The molecule has 1 N–H and O–H groups in total. The topological polar surface area (TPSA) is 68.0 Å². The van der Waals surface area contributed by atoms with Crippen LogP contribution in [0.15, 0.2) is 64.2 Å². The number of aromatic nitrogens is 2. The summed E-state index contributed by atoms with van der Waals surface area (Å²) in [7, 11) is 0. The molecule has 27 heavy (non-hydrogen) atoms. The fraction of sp³-hybridized carbons (Fsp3) is 0.286. The van der Waals surface area contributed by atoms with Crippen molar-refractivity contribution in [2.45, 2.75) is 36.9 Å². The molecule has 1 atom stereocenters. The number of aryl methyl sites for hydroxylation is 1. The molecule has 138 valence electrons. The molecule has 1 amide bonds. The number of rotatable bonds is 6. The molecule has 0 spiro atoms. The molecule has 6 heteroatoms. The second-order valence-electron chi connectivity index (χ2n) is 6.62. The molecule has 0 radical (unpaired) electrons. The fourth-order valence-electron chi connectivity index (χ4n) is 3.41. The summed E-state index contributed by atoms with van der Waals surface area (Å²) in [5, 5.41) is 11.7. The van der Waals surface area contributed by atoms with Crippen molar-refractivity contribution in [2.24, 2.45) is 0 Å². The van der Waals surface area contributed by atoms with Crippen molar-refractivity contribution >= 4 is 17.7 Å². The van der Waals surface area contributed by atoms with E-state index in [1.165, 1.54) is 22.9 Å². The molecule has 0 saturated heterocycles. The first-order valence-electron chi connectivity index (χ1n) is 9.14. The molecule has 0 saturated carbocycles. The normalized spacial score (nSPS) is 15.9. The van der Waals surface area contributed by atoms with Gasteiger partial charge in [0.2, 0.25) is 11.8 Å². The van der Waals surface area contributed by atoms with Crippen molar-refractivity contribution < 1.29 is 9.21 Å². The zero-order valence-corrected chi connectivity index (χ0v) is 15.7. The molecular weight excluding hydrogens is 358 g/mol. The van der Waals surface area contributed by atoms with E-state index in [1.54, 1.807) is 0 Å². The molecule has 4 rings (SSSR count). The first-order valence-corrected chi connectivity index (χ1v) is 10.1. The number of hydrogen-bond acceptors (Lipinski definition) is 5. The maximum Gasteiger partial charge on any atom is 0.277 e. The molecule has 1 aliphatic rings. The third kappa shape index (κ3) is 4.57. The van der Waals surface area contributed by atoms with Gasteiger partial charge >= 0.3 is 0 Å². The van der Waals surface area contributed by atoms with Gasteiger partial charge in [0.15, 0.2) is 0 Å². The van der Waals surface area contributed by atoms with Crippen LogP contribution < -0.4 is 5.32 Å². The molecular formula is C21H21N3O2S. The summed E-state index contributed by atoms with van der Waals surface area (Å²) >= 11 is 1.28. The summed E-state index contributed by atoms with van der Waals surface area (Å²) in [5.74, 6) is 0.820. The predicted octanol–water partition coefficient (Wildman–Crippen LogP) is 3.95. The summed E-state index contributed by atoms with van der Waals surface area (Å²) in [6.45, 7) is 0. The number of carbonyl (C=O) groups excluding carboxylic acids is 1. The van der Waals surface area contributed by atoms with Crippen LogP contribution in [0.25, 0.3) is 0 Å². The van der Waals surface area contributed by atoms with Crippen molar-refractivity contribution in [1.82, 2.24) is 15.5 Å². The predicted molar refractivity (Wildman–Crippen MR) is 105 cm³/mol.